The molecule has 10 aromatic carbocycles. The summed E-state index contributed by atoms with van der Waals surface area (Å²) in [5.74, 6) is 3.57. The third-order valence-corrected chi connectivity index (χ3v) is 18.7. The summed E-state index contributed by atoms with van der Waals surface area (Å²) in [6.45, 7) is 11.1. The third kappa shape index (κ3) is 27.9. The van der Waals surface area contributed by atoms with Gasteiger partial charge in [-0.3, -0.25) is 9.97 Å². The molecular weight excluding hydrogens is 2080 g/mol. The fourth-order valence-electron chi connectivity index (χ4n) is 12.8. The van der Waals surface area contributed by atoms with E-state index < -0.39 is 0 Å². The average molecular weight is 2180 g/mol. The van der Waals surface area contributed by atoms with Crippen LogP contribution < -0.4 is 4.74 Å². The van der Waals surface area contributed by atoms with Crippen molar-refractivity contribution in [3.8, 4) is 112 Å². The Morgan fingerprint density at radius 1 is 0.286 bits per heavy atom. The minimum Gasteiger partial charge on any atom is -0.477 e. The molecule has 5 aromatic heterocycles. The molecule has 0 aliphatic heterocycles. The van der Waals surface area contributed by atoms with Crippen LogP contribution in [0.3, 0.4) is 0 Å². The topological polar surface area (TPSA) is 86.6 Å². The summed E-state index contributed by atoms with van der Waals surface area (Å²) in [7, 11) is 0. The van der Waals surface area contributed by atoms with E-state index in [-0.39, 0.29) is 80.4 Å². The number of unbranched alkanes of at least 4 members (excludes halogenated alkanes) is 4. The first-order valence-corrected chi connectivity index (χ1v) is 37.9. The maximum absolute atomic E-state index is 6.59. The normalized spacial score (nSPS) is 10.7. The molecule has 0 fully saturated rings. The Kier molecular flexibility index (Phi) is 39.6. The van der Waals surface area contributed by atoms with E-state index in [0.29, 0.717) is 11.8 Å². The first-order chi connectivity index (χ1) is 53.3. The van der Waals surface area contributed by atoms with Gasteiger partial charge >= 0.3 is 0 Å². The SMILES string of the molecule is CCCCCC(CC)c1ccc(-c2cc(Oc3cc[c-]c(-c4ccccn4)c3)cc(-c3ccc(C(CC)CCCCC)cc3)c2)cc1.Cc1ccnc(-c2[c-]cccc2)n1.[Ir].[Ir].[Ir].[Ir].[c-]1ccc(-c2ccccc2)cc1-c1ccccn1.[c-]1ccc(-c2ccccc2)cc1-c1ccccn1.[c-]1ccccc1-c1ccccn1. The summed E-state index contributed by atoms with van der Waals surface area (Å²) in [4.78, 5) is 25.9. The number of ether oxygens (including phenoxy) is 1. The molecule has 0 amide bonds. The number of rotatable bonds is 23. The van der Waals surface area contributed by atoms with Crippen LogP contribution in [0.4, 0.5) is 0 Å². The number of aryl methyl sites for hydroxylation is 1. The summed E-state index contributed by atoms with van der Waals surface area (Å²) in [6.07, 6.45) is 21.6. The van der Waals surface area contributed by atoms with Gasteiger partial charge in [-0.15, -0.1) is 172 Å². The fraction of sp³-hybridized carbons (Fsp3) is 0.168. The van der Waals surface area contributed by atoms with E-state index in [2.05, 4.69) is 203 Å². The van der Waals surface area contributed by atoms with Crippen molar-refractivity contribution < 1.29 is 85.2 Å². The summed E-state index contributed by atoms with van der Waals surface area (Å²) in [6, 6.07) is 121. The first kappa shape index (κ1) is 89.5. The Morgan fingerprint density at radius 3 is 1.06 bits per heavy atom. The van der Waals surface area contributed by atoms with Crippen molar-refractivity contribution in [2.75, 3.05) is 0 Å². The van der Waals surface area contributed by atoms with Crippen LogP contribution in [0.5, 0.6) is 11.5 Å². The van der Waals surface area contributed by atoms with Gasteiger partial charge in [-0.2, -0.15) is 0 Å². The number of hydrogen-bond acceptors (Lipinski definition) is 7. The van der Waals surface area contributed by atoms with Crippen LogP contribution in [-0.4, -0.2) is 29.9 Å². The Hall–Kier alpha value is -9.72. The van der Waals surface area contributed by atoms with Crippen molar-refractivity contribution in [2.45, 2.75) is 111 Å². The Bertz CT molecular complexity index is 4710. The average Bonchev–Trinajstić information content (AvgIpc) is 0.815. The predicted molar refractivity (Wildman–Crippen MR) is 448 cm³/mol. The molecule has 4 radical (unpaired) electrons. The fourth-order valence-corrected chi connectivity index (χ4v) is 12.8. The molecule has 0 spiro atoms. The van der Waals surface area contributed by atoms with Crippen molar-refractivity contribution in [2.24, 2.45) is 0 Å². The minimum atomic E-state index is 0. The van der Waals surface area contributed by atoms with Crippen LogP contribution in [0.15, 0.2) is 340 Å². The van der Waals surface area contributed by atoms with Gasteiger partial charge in [-0.25, -0.2) is 0 Å². The first-order valence-electron chi connectivity index (χ1n) is 37.9. The molecule has 2 unspecified atom stereocenters. The molecule has 5 heterocycles. The number of pyridine rings is 4. The Balaban J connectivity index is 0.000000219. The van der Waals surface area contributed by atoms with Crippen molar-refractivity contribution in [3.63, 3.8) is 0 Å². The maximum atomic E-state index is 6.59. The van der Waals surface area contributed by atoms with Gasteiger partial charge in [0.25, 0.3) is 0 Å². The van der Waals surface area contributed by atoms with Gasteiger partial charge in [-0.1, -0.05) is 224 Å². The van der Waals surface area contributed by atoms with Gasteiger partial charge in [0, 0.05) is 123 Å². The van der Waals surface area contributed by atoms with Crippen LogP contribution in [0, 0.1) is 37.3 Å². The van der Waals surface area contributed by atoms with Crippen molar-refractivity contribution in [3.05, 3.63) is 388 Å². The minimum absolute atomic E-state index is 0. The zero-order valence-electron chi connectivity index (χ0n) is 64.0. The van der Waals surface area contributed by atoms with E-state index in [1.54, 1.807) is 24.8 Å². The van der Waals surface area contributed by atoms with Gasteiger partial charge in [0.05, 0.1) is 5.82 Å². The van der Waals surface area contributed by atoms with E-state index in [4.69, 9.17) is 4.74 Å². The monoisotopic (exact) mass is 2180 g/mol. The molecule has 112 heavy (non-hydrogen) atoms. The van der Waals surface area contributed by atoms with E-state index in [0.717, 1.165) is 84.7 Å². The van der Waals surface area contributed by atoms with Gasteiger partial charge in [-0.05, 0) is 160 Å². The second-order valence-electron chi connectivity index (χ2n) is 26.4. The van der Waals surface area contributed by atoms with Crippen LogP contribution in [0.2, 0.25) is 0 Å². The second kappa shape index (κ2) is 49.6. The van der Waals surface area contributed by atoms with Crippen molar-refractivity contribution >= 4 is 0 Å². The Labute approximate surface area is 719 Å². The zero-order chi connectivity index (χ0) is 74.6. The molecule has 0 saturated carbocycles. The largest absolute Gasteiger partial charge is 0.477 e. The van der Waals surface area contributed by atoms with Gasteiger partial charge in [0.2, 0.25) is 0 Å². The van der Waals surface area contributed by atoms with Crippen LogP contribution in [-0.2, 0) is 80.4 Å². The molecule has 15 aromatic rings. The quantitative estimate of drug-likeness (QED) is 0.0466. The van der Waals surface area contributed by atoms with Gasteiger partial charge in [0.15, 0.2) is 0 Å². The summed E-state index contributed by atoms with van der Waals surface area (Å²) < 4.78 is 6.59. The third-order valence-electron chi connectivity index (χ3n) is 18.7. The van der Waals surface area contributed by atoms with Crippen molar-refractivity contribution in [1.82, 2.24) is 29.9 Å². The van der Waals surface area contributed by atoms with Crippen molar-refractivity contribution in [1.29, 1.82) is 0 Å². The number of aromatic nitrogens is 6. The number of hydrogen-bond donors (Lipinski definition) is 0. The van der Waals surface area contributed by atoms with Crippen LogP contribution in [0.1, 0.15) is 121 Å². The molecule has 15 rings (SSSR count). The molecule has 574 valence electrons. The molecule has 2 atom stereocenters. The molecule has 0 aliphatic carbocycles. The second-order valence-corrected chi connectivity index (χ2v) is 26.4. The molecule has 7 nitrogen and oxygen atoms in total. The molecular formula is C101H93Ir4N6O-5. The molecule has 0 aliphatic rings. The zero-order valence-corrected chi connectivity index (χ0v) is 73.6. The Morgan fingerprint density at radius 2 is 0.670 bits per heavy atom. The summed E-state index contributed by atoms with van der Waals surface area (Å²) in [5, 5.41) is 0. The number of nitrogens with zero attached hydrogens (tertiary/aromatic N) is 6. The van der Waals surface area contributed by atoms with E-state index >= 15 is 0 Å². The van der Waals surface area contributed by atoms with Crippen LogP contribution >= 0.6 is 0 Å². The summed E-state index contributed by atoms with van der Waals surface area (Å²) >= 11 is 0. The molecule has 0 bridgehead atoms. The van der Waals surface area contributed by atoms with Crippen LogP contribution in [0.25, 0.3) is 101 Å². The predicted octanol–water partition coefficient (Wildman–Crippen LogP) is 27.0. The van der Waals surface area contributed by atoms with E-state index in [9.17, 15) is 0 Å². The van der Waals surface area contributed by atoms with Gasteiger partial charge in [0.1, 0.15) is 5.75 Å². The molecule has 11 heteroatoms. The summed E-state index contributed by atoms with van der Waals surface area (Å²) in [5.41, 5.74) is 22.1. The van der Waals surface area contributed by atoms with Gasteiger partial charge < -0.3 is 24.7 Å². The van der Waals surface area contributed by atoms with E-state index in [1.807, 2.05) is 207 Å². The smallest absolute Gasteiger partial charge is 0.126 e. The molecule has 0 N–H and O–H groups in total. The molecule has 0 saturated heterocycles. The maximum Gasteiger partial charge on any atom is 0.126 e. The number of benzene rings is 10. The standard InChI is InChI=1S/C45H52NO.2C17H12N.C11H9N2.C11H8N.4Ir/c1-5-9-11-16-34(7-3)36-21-25-38(26-22-36)41-30-42(39-27-23-37(24-28-39)35(8-4)17-12-10-6-2)33-44(32-41)47-43-19-15-18-40(31-43)45-20-13-14-29-46-45;2*1-2-7-14(8-3-1)15-9-6-10-16(13-15)17-11-4-5-12-18-17;1-9-7-8-12-11(13-9)10-5-3-2-4-6-10;1-2-6-10(7-3-1)11-8-4-5-9-12-11;;;;/h13-15,19-35H,5-12,16-17H2,1-4H3;2*1-9,11-13H;2-5,7-8H,1H3;1-6,8-9H;;;;/q5*-1;;;;. The van der Waals surface area contributed by atoms with E-state index in [1.165, 1.54) is 109 Å².